The van der Waals surface area contributed by atoms with Crippen LogP contribution in [0.25, 0.3) is 0 Å². The summed E-state index contributed by atoms with van der Waals surface area (Å²) in [5, 5.41) is 9.14. The summed E-state index contributed by atoms with van der Waals surface area (Å²) < 4.78 is 20.1. The first-order chi connectivity index (χ1) is 14.2. The number of carbonyl (C=O) groups is 1. The third kappa shape index (κ3) is 4.31. The van der Waals surface area contributed by atoms with Gasteiger partial charge in [0, 0.05) is 18.7 Å². The van der Waals surface area contributed by atoms with Gasteiger partial charge in [-0.1, -0.05) is 30.3 Å². The molecule has 2 fully saturated rings. The topological polar surface area (TPSA) is 56.6 Å². The number of morpholine rings is 1. The van der Waals surface area contributed by atoms with E-state index in [0.29, 0.717) is 13.2 Å². The molecular weight excluding hydrogens is 369 g/mol. The Morgan fingerprint density at radius 1 is 1.14 bits per heavy atom. The Bertz CT molecular complexity index is 906. The van der Waals surface area contributed by atoms with Crippen LogP contribution in [0, 0.1) is 17.1 Å². The second kappa shape index (κ2) is 8.73. The van der Waals surface area contributed by atoms with Crippen LogP contribution in [0.2, 0.25) is 0 Å². The predicted octanol–water partition coefficient (Wildman–Crippen LogP) is 3.38. The van der Waals surface area contributed by atoms with Gasteiger partial charge in [0.25, 0.3) is 5.91 Å². The number of likely N-dealkylation sites (tertiary alicyclic amines) is 1. The summed E-state index contributed by atoms with van der Waals surface area (Å²) in [5.41, 5.74) is 1.34. The lowest BCUT2D eigenvalue weighted by Gasteiger charge is -2.42. The summed E-state index contributed by atoms with van der Waals surface area (Å²) >= 11 is 0. The normalized spacial score (nSPS) is 22.4. The van der Waals surface area contributed by atoms with Gasteiger partial charge >= 0.3 is 0 Å². The standard InChI is InChI=1S/C23H24FN3O2/c24-20-13-17(15-25)12-19(14-20)23(28)27-10-11-29-21(16-26-8-4-5-9-26)22(27)18-6-2-1-3-7-18/h1-3,6-7,12-14,21-22H,4-5,8-11,16H2/t21-,22-/m0/s1. The predicted molar refractivity (Wildman–Crippen MR) is 107 cm³/mol. The van der Waals surface area contributed by atoms with E-state index < -0.39 is 5.82 Å². The number of halogens is 1. The van der Waals surface area contributed by atoms with Crippen LogP contribution in [0.5, 0.6) is 0 Å². The molecular formula is C23H24FN3O2. The van der Waals surface area contributed by atoms with Gasteiger partial charge in [0.05, 0.1) is 30.4 Å². The van der Waals surface area contributed by atoms with E-state index in [4.69, 9.17) is 10.00 Å². The molecule has 2 aliphatic rings. The highest BCUT2D eigenvalue weighted by Gasteiger charge is 2.38. The largest absolute Gasteiger partial charge is 0.373 e. The monoisotopic (exact) mass is 393 g/mol. The highest BCUT2D eigenvalue weighted by atomic mass is 19.1. The number of hydrogen-bond acceptors (Lipinski definition) is 4. The van der Waals surface area contributed by atoms with Crippen molar-refractivity contribution in [1.29, 1.82) is 5.26 Å². The number of nitriles is 1. The van der Waals surface area contributed by atoms with Crippen LogP contribution in [0.1, 0.15) is 40.4 Å². The van der Waals surface area contributed by atoms with E-state index in [1.807, 2.05) is 36.4 Å². The van der Waals surface area contributed by atoms with Crippen LogP contribution in [0.15, 0.2) is 48.5 Å². The molecule has 4 rings (SSSR count). The number of nitrogens with zero attached hydrogens (tertiary/aromatic N) is 3. The van der Waals surface area contributed by atoms with Gasteiger partial charge in [-0.15, -0.1) is 0 Å². The molecule has 2 heterocycles. The van der Waals surface area contributed by atoms with Gasteiger partial charge < -0.3 is 14.5 Å². The lowest BCUT2D eigenvalue weighted by Crippen LogP contribution is -2.51. The van der Waals surface area contributed by atoms with Crippen molar-refractivity contribution in [3.8, 4) is 6.07 Å². The molecule has 0 unspecified atom stereocenters. The van der Waals surface area contributed by atoms with Crippen molar-refractivity contribution in [1.82, 2.24) is 9.80 Å². The van der Waals surface area contributed by atoms with E-state index in [-0.39, 0.29) is 29.2 Å². The van der Waals surface area contributed by atoms with Gasteiger partial charge in [-0.25, -0.2) is 4.39 Å². The fraction of sp³-hybridized carbons (Fsp3) is 0.391. The van der Waals surface area contributed by atoms with Crippen molar-refractivity contribution in [2.24, 2.45) is 0 Å². The average Bonchev–Trinajstić information content (AvgIpc) is 3.26. The van der Waals surface area contributed by atoms with Crippen LogP contribution in [-0.2, 0) is 4.74 Å². The molecule has 29 heavy (non-hydrogen) atoms. The molecule has 0 aromatic heterocycles. The maximum atomic E-state index is 14.0. The first kappa shape index (κ1) is 19.6. The Kier molecular flexibility index (Phi) is 5.89. The number of benzene rings is 2. The Labute approximate surface area is 170 Å². The quantitative estimate of drug-likeness (QED) is 0.799. The zero-order valence-corrected chi connectivity index (χ0v) is 16.3. The van der Waals surface area contributed by atoms with E-state index in [9.17, 15) is 9.18 Å². The van der Waals surface area contributed by atoms with E-state index in [0.717, 1.165) is 31.3 Å². The minimum absolute atomic E-state index is 0.145. The summed E-state index contributed by atoms with van der Waals surface area (Å²) in [7, 11) is 0. The lowest BCUT2D eigenvalue weighted by atomic mass is 9.96. The van der Waals surface area contributed by atoms with E-state index in [1.54, 1.807) is 4.90 Å². The number of amides is 1. The molecule has 0 radical (unpaired) electrons. The van der Waals surface area contributed by atoms with Crippen LogP contribution < -0.4 is 0 Å². The Morgan fingerprint density at radius 2 is 1.90 bits per heavy atom. The second-order valence-electron chi connectivity index (χ2n) is 7.61. The van der Waals surface area contributed by atoms with E-state index in [1.165, 1.54) is 25.0 Å². The third-order valence-corrected chi connectivity index (χ3v) is 5.66. The Balaban J connectivity index is 1.67. The molecule has 0 N–H and O–H groups in total. The van der Waals surface area contributed by atoms with Gasteiger partial charge in [0.2, 0.25) is 0 Å². The molecule has 2 aliphatic heterocycles. The van der Waals surface area contributed by atoms with Crippen molar-refractivity contribution < 1.29 is 13.9 Å². The molecule has 0 bridgehead atoms. The maximum absolute atomic E-state index is 14.0. The van der Waals surface area contributed by atoms with Gasteiger partial charge in [0.1, 0.15) is 5.82 Å². The first-order valence-corrected chi connectivity index (χ1v) is 10.1. The zero-order valence-electron chi connectivity index (χ0n) is 16.3. The summed E-state index contributed by atoms with van der Waals surface area (Å²) in [6, 6.07) is 15.3. The summed E-state index contributed by atoms with van der Waals surface area (Å²) in [6.45, 7) is 3.71. The Morgan fingerprint density at radius 3 is 2.62 bits per heavy atom. The second-order valence-corrected chi connectivity index (χ2v) is 7.61. The summed E-state index contributed by atoms with van der Waals surface area (Å²) in [4.78, 5) is 17.5. The number of rotatable bonds is 4. The molecule has 0 aliphatic carbocycles. The fourth-order valence-electron chi connectivity index (χ4n) is 4.32. The molecule has 2 atom stereocenters. The lowest BCUT2D eigenvalue weighted by molar-refractivity contribution is -0.0707. The average molecular weight is 393 g/mol. The fourth-order valence-corrected chi connectivity index (χ4v) is 4.32. The zero-order chi connectivity index (χ0) is 20.2. The molecule has 0 saturated carbocycles. The van der Waals surface area contributed by atoms with Crippen LogP contribution >= 0.6 is 0 Å². The molecule has 2 saturated heterocycles. The highest BCUT2D eigenvalue weighted by Crippen LogP contribution is 2.32. The highest BCUT2D eigenvalue weighted by molar-refractivity contribution is 5.95. The van der Waals surface area contributed by atoms with Crippen molar-refractivity contribution >= 4 is 5.91 Å². The molecule has 6 heteroatoms. The molecule has 0 spiro atoms. The van der Waals surface area contributed by atoms with E-state index >= 15 is 0 Å². The van der Waals surface area contributed by atoms with Crippen molar-refractivity contribution in [2.75, 3.05) is 32.8 Å². The summed E-state index contributed by atoms with van der Waals surface area (Å²) in [6.07, 6.45) is 2.22. The first-order valence-electron chi connectivity index (χ1n) is 10.1. The van der Waals surface area contributed by atoms with E-state index in [2.05, 4.69) is 4.90 Å². The number of carbonyl (C=O) groups excluding carboxylic acids is 1. The van der Waals surface area contributed by atoms with Gasteiger partial charge in [-0.05, 0) is 49.7 Å². The van der Waals surface area contributed by atoms with Crippen LogP contribution in [0.4, 0.5) is 4.39 Å². The van der Waals surface area contributed by atoms with Gasteiger partial charge in [0.15, 0.2) is 0 Å². The minimum Gasteiger partial charge on any atom is -0.373 e. The number of ether oxygens (including phenoxy) is 1. The van der Waals surface area contributed by atoms with Crippen molar-refractivity contribution in [3.05, 3.63) is 71.0 Å². The molecule has 2 aromatic carbocycles. The molecule has 5 nitrogen and oxygen atoms in total. The minimum atomic E-state index is -0.578. The molecule has 150 valence electrons. The Hall–Kier alpha value is -2.75. The molecule has 1 amide bonds. The molecule has 2 aromatic rings. The smallest absolute Gasteiger partial charge is 0.254 e. The van der Waals surface area contributed by atoms with Gasteiger partial charge in [-0.2, -0.15) is 5.26 Å². The van der Waals surface area contributed by atoms with Crippen molar-refractivity contribution in [2.45, 2.75) is 25.0 Å². The van der Waals surface area contributed by atoms with Crippen molar-refractivity contribution in [3.63, 3.8) is 0 Å². The summed E-state index contributed by atoms with van der Waals surface area (Å²) in [5.74, 6) is -0.852. The van der Waals surface area contributed by atoms with Crippen LogP contribution in [0.3, 0.4) is 0 Å². The third-order valence-electron chi connectivity index (χ3n) is 5.66. The van der Waals surface area contributed by atoms with Gasteiger partial charge in [-0.3, -0.25) is 4.79 Å². The SMILES string of the molecule is N#Cc1cc(F)cc(C(=O)N2CCO[C@@H](CN3CCCC3)[C@@H]2c2ccccc2)c1. The maximum Gasteiger partial charge on any atom is 0.254 e. The van der Waals surface area contributed by atoms with Crippen LogP contribution in [-0.4, -0.2) is 54.6 Å². The number of hydrogen-bond donors (Lipinski definition) is 0.